The number of rotatable bonds is 4. The third-order valence-electron chi connectivity index (χ3n) is 6.79. The van der Waals surface area contributed by atoms with Gasteiger partial charge in [-0.05, 0) is 69.4 Å². The van der Waals surface area contributed by atoms with Crippen molar-refractivity contribution in [1.29, 1.82) is 0 Å². The maximum absolute atomic E-state index is 12.9. The van der Waals surface area contributed by atoms with E-state index in [1.807, 2.05) is 17.9 Å². The monoisotopic (exact) mass is 356 g/mol. The van der Waals surface area contributed by atoms with Crippen LogP contribution in [0, 0.1) is 5.92 Å². The lowest BCUT2D eigenvalue weighted by molar-refractivity contribution is -0.127. The van der Waals surface area contributed by atoms with Gasteiger partial charge in [-0.2, -0.15) is 5.10 Å². The molecule has 1 aromatic heterocycles. The van der Waals surface area contributed by atoms with Gasteiger partial charge in [0.15, 0.2) is 0 Å². The fraction of sp³-hybridized carbons (Fsp3) is 0.714. The Bertz CT molecular complexity index is 686. The number of nitrogens with one attached hydrogen (secondary N) is 1. The third-order valence-corrected chi connectivity index (χ3v) is 6.79. The van der Waals surface area contributed by atoms with Gasteiger partial charge in [-0.15, -0.1) is 0 Å². The van der Waals surface area contributed by atoms with Gasteiger partial charge in [0.25, 0.3) is 0 Å². The molecular weight excluding hydrogens is 324 g/mol. The Labute approximate surface area is 156 Å². The molecule has 2 fully saturated rings. The van der Waals surface area contributed by atoms with E-state index in [9.17, 15) is 4.79 Å². The van der Waals surface area contributed by atoms with E-state index in [0.717, 1.165) is 31.6 Å². The molecule has 3 heterocycles. The van der Waals surface area contributed by atoms with Gasteiger partial charge in [-0.1, -0.05) is 13.0 Å². The predicted molar refractivity (Wildman–Crippen MR) is 103 cm³/mol. The summed E-state index contributed by atoms with van der Waals surface area (Å²) in [6.45, 7) is 4.41. The molecule has 0 aromatic carbocycles. The lowest BCUT2D eigenvalue weighted by Gasteiger charge is -2.38. The summed E-state index contributed by atoms with van der Waals surface area (Å²) in [6, 6.07) is 3.29. The zero-order valence-corrected chi connectivity index (χ0v) is 16.3. The van der Waals surface area contributed by atoms with E-state index in [4.69, 9.17) is 0 Å². The van der Waals surface area contributed by atoms with Crippen molar-refractivity contribution in [3.8, 4) is 0 Å². The minimum Gasteiger partial charge on any atom is -0.352 e. The smallest absolute Gasteiger partial charge is 0.237 e. The lowest BCUT2D eigenvalue weighted by Crippen LogP contribution is -2.53. The third kappa shape index (κ3) is 3.34. The minimum atomic E-state index is -0.0452. The number of hydrogen-bond acceptors (Lipinski definition) is 3. The van der Waals surface area contributed by atoms with Gasteiger partial charge in [0, 0.05) is 31.4 Å². The fourth-order valence-corrected chi connectivity index (χ4v) is 5.21. The SMILES string of the molecule is CC1CCC(NC(=O)C(C)N2C3C=C(c4ccnn4C)CC2CC3)CC1. The summed E-state index contributed by atoms with van der Waals surface area (Å²) in [5.41, 5.74) is 2.61. The highest BCUT2D eigenvalue weighted by atomic mass is 16.2. The molecule has 1 saturated carbocycles. The second-order valence-corrected chi connectivity index (χ2v) is 8.62. The molecule has 5 nitrogen and oxygen atoms in total. The van der Waals surface area contributed by atoms with Crippen molar-refractivity contribution in [3.63, 3.8) is 0 Å². The first-order valence-electron chi connectivity index (χ1n) is 10.3. The fourth-order valence-electron chi connectivity index (χ4n) is 5.21. The van der Waals surface area contributed by atoms with E-state index in [1.54, 1.807) is 0 Å². The van der Waals surface area contributed by atoms with Crippen LogP contribution in [0.25, 0.3) is 5.57 Å². The summed E-state index contributed by atoms with van der Waals surface area (Å²) in [7, 11) is 2.01. The van der Waals surface area contributed by atoms with E-state index >= 15 is 0 Å². The second kappa shape index (κ2) is 7.18. The molecule has 3 unspecified atom stereocenters. The highest BCUT2D eigenvalue weighted by Crippen LogP contribution is 2.39. The van der Waals surface area contributed by atoms with Crippen molar-refractivity contribution in [2.45, 2.75) is 83.0 Å². The first-order valence-corrected chi connectivity index (χ1v) is 10.3. The standard InChI is InChI=1S/C21H32N4O/c1-14-4-6-17(7-5-14)23-21(26)15(2)25-18-8-9-19(25)13-16(12-18)20-10-11-22-24(20)3/h10-12,14-15,17-19H,4-9,13H2,1-3H3,(H,23,26). The van der Waals surface area contributed by atoms with Crippen LogP contribution in [0.15, 0.2) is 18.3 Å². The van der Waals surface area contributed by atoms with Crippen molar-refractivity contribution in [2.24, 2.45) is 13.0 Å². The molecule has 1 amide bonds. The highest BCUT2D eigenvalue weighted by molar-refractivity contribution is 5.82. The average molecular weight is 357 g/mol. The Kier molecular flexibility index (Phi) is 4.91. The van der Waals surface area contributed by atoms with Gasteiger partial charge in [-0.25, -0.2) is 0 Å². The molecule has 1 saturated heterocycles. The highest BCUT2D eigenvalue weighted by Gasteiger charge is 2.42. The van der Waals surface area contributed by atoms with Crippen LogP contribution >= 0.6 is 0 Å². The van der Waals surface area contributed by atoms with Crippen LogP contribution in [-0.4, -0.2) is 44.8 Å². The van der Waals surface area contributed by atoms with Gasteiger partial charge in [-0.3, -0.25) is 14.4 Å². The molecular formula is C21H32N4O. The molecule has 1 N–H and O–H groups in total. The van der Waals surface area contributed by atoms with Crippen molar-refractivity contribution < 1.29 is 4.79 Å². The van der Waals surface area contributed by atoms with Gasteiger partial charge in [0.05, 0.1) is 11.7 Å². The van der Waals surface area contributed by atoms with Crippen LogP contribution in [0.5, 0.6) is 0 Å². The van der Waals surface area contributed by atoms with E-state index in [2.05, 4.69) is 41.3 Å². The number of carbonyl (C=O) groups excluding carboxylic acids is 1. The van der Waals surface area contributed by atoms with Crippen LogP contribution in [0.4, 0.5) is 0 Å². The van der Waals surface area contributed by atoms with Crippen LogP contribution in [-0.2, 0) is 11.8 Å². The Morgan fingerprint density at radius 3 is 2.65 bits per heavy atom. The molecule has 1 aromatic rings. The van der Waals surface area contributed by atoms with E-state index in [1.165, 1.54) is 30.5 Å². The zero-order chi connectivity index (χ0) is 18.3. The summed E-state index contributed by atoms with van der Waals surface area (Å²) < 4.78 is 1.96. The van der Waals surface area contributed by atoms with Crippen molar-refractivity contribution in [3.05, 3.63) is 24.0 Å². The summed E-state index contributed by atoms with van der Waals surface area (Å²) in [6.07, 6.45) is 12.4. The molecule has 2 aliphatic heterocycles. The molecule has 142 valence electrons. The van der Waals surface area contributed by atoms with Crippen LogP contribution in [0.3, 0.4) is 0 Å². The molecule has 3 atom stereocenters. The molecule has 4 rings (SSSR count). The molecule has 0 spiro atoms. The van der Waals surface area contributed by atoms with Gasteiger partial charge in [0.1, 0.15) is 0 Å². The molecule has 5 heteroatoms. The topological polar surface area (TPSA) is 50.2 Å². The van der Waals surface area contributed by atoms with Gasteiger partial charge >= 0.3 is 0 Å². The summed E-state index contributed by atoms with van der Waals surface area (Å²) in [5.74, 6) is 1.04. The lowest BCUT2D eigenvalue weighted by atomic mass is 9.87. The van der Waals surface area contributed by atoms with Crippen LogP contribution in [0.2, 0.25) is 0 Å². The Morgan fingerprint density at radius 1 is 1.23 bits per heavy atom. The first kappa shape index (κ1) is 17.8. The van der Waals surface area contributed by atoms with Crippen molar-refractivity contribution in [1.82, 2.24) is 20.0 Å². The number of aromatic nitrogens is 2. The second-order valence-electron chi connectivity index (χ2n) is 8.62. The summed E-state index contributed by atoms with van der Waals surface area (Å²) >= 11 is 0. The molecule has 1 aliphatic carbocycles. The number of carbonyl (C=O) groups is 1. The maximum Gasteiger partial charge on any atom is 0.237 e. The predicted octanol–water partition coefficient (Wildman–Crippen LogP) is 3.12. The number of fused-ring (bicyclic) bond motifs is 2. The molecule has 3 aliphatic rings. The number of hydrogen-bond donors (Lipinski definition) is 1. The number of amides is 1. The first-order chi connectivity index (χ1) is 12.5. The van der Waals surface area contributed by atoms with Gasteiger partial charge in [0.2, 0.25) is 5.91 Å². The minimum absolute atomic E-state index is 0.0452. The maximum atomic E-state index is 12.9. The zero-order valence-electron chi connectivity index (χ0n) is 16.3. The molecule has 0 radical (unpaired) electrons. The van der Waals surface area contributed by atoms with E-state index < -0.39 is 0 Å². The molecule has 2 bridgehead atoms. The van der Waals surface area contributed by atoms with Crippen LogP contribution in [0.1, 0.15) is 64.5 Å². The molecule has 26 heavy (non-hydrogen) atoms. The van der Waals surface area contributed by atoms with Crippen LogP contribution < -0.4 is 5.32 Å². The average Bonchev–Trinajstić information content (AvgIpc) is 3.16. The summed E-state index contributed by atoms with van der Waals surface area (Å²) in [4.78, 5) is 15.3. The largest absolute Gasteiger partial charge is 0.352 e. The quantitative estimate of drug-likeness (QED) is 0.902. The summed E-state index contributed by atoms with van der Waals surface area (Å²) in [5, 5.41) is 7.65. The van der Waals surface area contributed by atoms with E-state index in [-0.39, 0.29) is 11.9 Å². The Hall–Kier alpha value is -1.62. The number of nitrogens with zero attached hydrogens (tertiary/aromatic N) is 3. The Morgan fingerprint density at radius 2 is 2.00 bits per heavy atom. The normalized spacial score (nSPS) is 33.0. The van der Waals surface area contributed by atoms with Crippen molar-refractivity contribution in [2.75, 3.05) is 0 Å². The van der Waals surface area contributed by atoms with E-state index in [0.29, 0.717) is 18.1 Å². The number of aryl methyl sites for hydroxylation is 1. The Balaban J connectivity index is 1.42. The van der Waals surface area contributed by atoms with Gasteiger partial charge < -0.3 is 5.32 Å². The van der Waals surface area contributed by atoms with Crippen molar-refractivity contribution >= 4 is 11.5 Å².